The lowest BCUT2D eigenvalue weighted by atomic mass is 10.1. The Kier molecular flexibility index (Phi) is 3.61. The number of amides is 2. The Hall–Kier alpha value is -2.73. The first-order valence-electron chi connectivity index (χ1n) is 6.56. The molecule has 1 heterocycles. The number of halogens is 2. The topological polar surface area (TPSA) is 63.7 Å². The number of rotatable bonds is 2. The van der Waals surface area contributed by atoms with Crippen molar-refractivity contribution in [1.29, 1.82) is 0 Å². The van der Waals surface area contributed by atoms with Gasteiger partial charge in [0.25, 0.3) is 11.8 Å². The molecular formula is C16H9ClFNO4. The molecule has 2 aromatic rings. The molecule has 0 unspecified atom stereocenters. The fourth-order valence-corrected chi connectivity index (χ4v) is 2.56. The summed E-state index contributed by atoms with van der Waals surface area (Å²) in [7, 11) is 0. The number of imide groups is 1. The first-order valence-corrected chi connectivity index (χ1v) is 6.94. The minimum atomic E-state index is -1.08. The molecule has 0 saturated carbocycles. The van der Waals surface area contributed by atoms with Crippen molar-refractivity contribution < 1.29 is 23.6 Å². The van der Waals surface area contributed by atoms with Crippen LogP contribution in [0, 0.1) is 12.7 Å². The third-order valence-corrected chi connectivity index (χ3v) is 3.80. The van der Waals surface area contributed by atoms with Gasteiger partial charge in [-0.2, -0.15) is 0 Å². The molecular weight excluding hydrogens is 325 g/mol. The lowest BCUT2D eigenvalue weighted by molar-refractivity contribution is -0.0585. The van der Waals surface area contributed by atoms with Gasteiger partial charge in [0.15, 0.2) is 0 Å². The van der Waals surface area contributed by atoms with E-state index in [1.807, 2.05) is 0 Å². The smallest absolute Gasteiger partial charge is 0.324 e. The van der Waals surface area contributed by atoms with Gasteiger partial charge in [-0.1, -0.05) is 28.8 Å². The first-order chi connectivity index (χ1) is 10.9. The van der Waals surface area contributed by atoms with Crippen LogP contribution in [0.25, 0.3) is 0 Å². The SMILES string of the molecule is Cc1c(F)ccc(Cl)c1C(=O)ON1C(=O)c2ccccc2C1=O. The van der Waals surface area contributed by atoms with E-state index in [9.17, 15) is 18.8 Å². The number of carbonyl (C=O) groups is 3. The zero-order chi connectivity index (χ0) is 16.7. The van der Waals surface area contributed by atoms with Crippen LogP contribution in [0.3, 0.4) is 0 Å². The number of benzene rings is 2. The monoisotopic (exact) mass is 333 g/mol. The zero-order valence-electron chi connectivity index (χ0n) is 11.8. The van der Waals surface area contributed by atoms with Crippen LogP contribution in [-0.4, -0.2) is 22.8 Å². The summed E-state index contributed by atoms with van der Waals surface area (Å²) < 4.78 is 13.6. The average molecular weight is 334 g/mol. The van der Waals surface area contributed by atoms with Gasteiger partial charge in [-0.05, 0) is 31.2 Å². The molecule has 1 aliphatic rings. The second-order valence-corrected chi connectivity index (χ2v) is 5.27. The second-order valence-electron chi connectivity index (χ2n) is 4.86. The highest BCUT2D eigenvalue weighted by Crippen LogP contribution is 2.26. The van der Waals surface area contributed by atoms with Crippen molar-refractivity contribution in [3.63, 3.8) is 0 Å². The molecule has 0 atom stereocenters. The summed E-state index contributed by atoms with van der Waals surface area (Å²) in [5.41, 5.74) is 0.00190. The molecule has 0 aliphatic carbocycles. The van der Waals surface area contributed by atoms with Crippen molar-refractivity contribution in [3.05, 3.63) is 69.5 Å². The number of hydrogen-bond donors (Lipinski definition) is 0. The Morgan fingerprint density at radius 1 is 1.09 bits per heavy atom. The van der Waals surface area contributed by atoms with Crippen LogP contribution >= 0.6 is 11.6 Å². The first kappa shape index (κ1) is 15.2. The number of hydrogen-bond acceptors (Lipinski definition) is 4. The molecule has 0 fully saturated rings. The molecule has 0 bridgehead atoms. The van der Waals surface area contributed by atoms with Crippen molar-refractivity contribution >= 4 is 29.4 Å². The van der Waals surface area contributed by atoms with E-state index in [1.54, 1.807) is 12.1 Å². The van der Waals surface area contributed by atoms with Crippen molar-refractivity contribution in [2.45, 2.75) is 6.92 Å². The van der Waals surface area contributed by atoms with Crippen LogP contribution in [0.5, 0.6) is 0 Å². The van der Waals surface area contributed by atoms with Crippen LogP contribution in [0.1, 0.15) is 36.6 Å². The summed E-state index contributed by atoms with van der Waals surface area (Å²) in [6.07, 6.45) is 0. The Balaban J connectivity index is 1.93. The van der Waals surface area contributed by atoms with E-state index in [0.29, 0.717) is 5.06 Å². The number of nitrogens with zero attached hydrogens (tertiary/aromatic N) is 1. The maximum absolute atomic E-state index is 13.6. The number of hydroxylamine groups is 2. The molecule has 0 aromatic heterocycles. The van der Waals surface area contributed by atoms with E-state index < -0.39 is 23.6 Å². The normalized spacial score (nSPS) is 13.3. The molecule has 2 amide bonds. The standard InChI is InChI=1S/C16H9ClFNO4/c1-8-12(18)7-6-11(17)13(8)16(22)23-19-14(20)9-4-2-3-5-10(9)15(19)21/h2-7H,1H3. The molecule has 0 saturated heterocycles. The fourth-order valence-electron chi connectivity index (χ4n) is 2.28. The molecule has 7 heteroatoms. The lowest BCUT2D eigenvalue weighted by Gasteiger charge is -2.14. The molecule has 3 rings (SSSR count). The van der Waals surface area contributed by atoms with Crippen molar-refractivity contribution in [1.82, 2.24) is 5.06 Å². The third kappa shape index (κ3) is 2.37. The van der Waals surface area contributed by atoms with E-state index in [0.717, 1.165) is 6.07 Å². The highest BCUT2D eigenvalue weighted by atomic mass is 35.5. The van der Waals surface area contributed by atoms with Gasteiger partial charge in [0.05, 0.1) is 21.7 Å². The van der Waals surface area contributed by atoms with E-state index >= 15 is 0 Å². The van der Waals surface area contributed by atoms with Crippen molar-refractivity contribution in [2.24, 2.45) is 0 Å². The minimum Gasteiger partial charge on any atom is -0.324 e. The summed E-state index contributed by atoms with van der Waals surface area (Å²) in [5, 5.41) is 0.318. The van der Waals surface area contributed by atoms with E-state index in [2.05, 4.69) is 0 Å². The van der Waals surface area contributed by atoms with Crippen LogP contribution in [0.15, 0.2) is 36.4 Å². The largest absolute Gasteiger partial charge is 0.365 e. The van der Waals surface area contributed by atoms with Gasteiger partial charge < -0.3 is 4.84 Å². The third-order valence-electron chi connectivity index (χ3n) is 3.48. The molecule has 2 aromatic carbocycles. The highest BCUT2D eigenvalue weighted by molar-refractivity contribution is 6.33. The molecule has 116 valence electrons. The predicted octanol–water partition coefficient (Wildman–Crippen LogP) is 3.16. The van der Waals surface area contributed by atoms with Crippen molar-refractivity contribution in [2.75, 3.05) is 0 Å². The van der Waals surface area contributed by atoms with Crippen molar-refractivity contribution in [3.8, 4) is 0 Å². The number of carbonyl (C=O) groups excluding carboxylic acids is 3. The second kappa shape index (κ2) is 5.48. The fraction of sp³-hybridized carbons (Fsp3) is 0.0625. The summed E-state index contributed by atoms with van der Waals surface area (Å²) in [6.45, 7) is 1.35. The zero-order valence-corrected chi connectivity index (χ0v) is 12.6. The van der Waals surface area contributed by atoms with E-state index in [-0.39, 0.29) is 27.3 Å². The Morgan fingerprint density at radius 2 is 1.65 bits per heavy atom. The Morgan fingerprint density at radius 3 is 2.22 bits per heavy atom. The van der Waals surface area contributed by atoms with Gasteiger partial charge in [-0.15, -0.1) is 0 Å². The Labute approximate surface area is 135 Å². The van der Waals surface area contributed by atoms with Crippen LogP contribution in [-0.2, 0) is 4.84 Å². The molecule has 0 radical (unpaired) electrons. The maximum Gasteiger partial charge on any atom is 0.365 e. The summed E-state index contributed by atoms with van der Waals surface area (Å²) in [6, 6.07) is 8.37. The molecule has 5 nitrogen and oxygen atoms in total. The average Bonchev–Trinajstić information content (AvgIpc) is 2.77. The van der Waals surface area contributed by atoms with Gasteiger partial charge in [-0.3, -0.25) is 9.59 Å². The molecule has 0 N–H and O–H groups in total. The van der Waals surface area contributed by atoms with Gasteiger partial charge >= 0.3 is 5.97 Å². The van der Waals surface area contributed by atoms with Gasteiger partial charge in [0.2, 0.25) is 0 Å². The summed E-state index contributed by atoms with van der Waals surface area (Å²) in [4.78, 5) is 41.3. The minimum absolute atomic E-state index is 0.0286. The Bertz CT molecular complexity index is 830. The van der Waals surface area contributed by atoms with Crippen LogP contribution < -0.4 is 0 Å². The van der Waals surface area contributed by atoms with Gasteiger partial charge in [-0.25, -0.2) is 9.18 Å². The van der Waals surface area contributed by atoms with E-state index in [1.165, 1.54) is 25.1 Å². The molecule has 23 heavy (non-hydrogen) atoms. The predicted molar refractivity (Wildman–Crippen MR) is 78.5 cm³/mol. The van der Waals surface area contributed by atoms with Crippen LogP contribution in [0.4, 0.5) is 4.39 Å². The van der Waals surface area contributed by atoms with Gasteiger partial charge in [0, 0.05) is 5.56 Å². The maximum atomic E-state index is 13.6. The molecule has 1 aliphatic heterocycles. The highest BCUT2D eigenvalue weighted by Gasteiger charge is 2.39. The van der Waals surface area contributed by atoms with Gasteiger partial charge in [0.1, 0.15) is 5.82 Å². The van der Waals surface area contributed by atoms with Crippen LogP contribution in [0.2, 0.25) is 5.02 Å². The number of fused-ring (bicyclic) bond motifs is 1. The quantitative estimate of drug-likeness (QED) is 0.792. The molecule has 0 spiro atoms. The van der Waals surface area contributed by atoms with E-state index in [4.69, 9.17) is 16.4 Å². The lowest BCUT2D eigenvalue weighted by Crippen LogP contribution is -2.33. The summed E-state index contributed by atoms with van der Waals surface area (Å²) in [5.74, 6) is -3.25. The summed E-state index contributed by atoms with van der Waals surface area (Å²) >= 11 is 5.89.